The molecule has 1 amide bonds. The van der Waals surface area contributed by atoms with Crippen molar-refractivity contribution >= 4 is 17.7 Å². The number of aryl methyl sites for hydroxylation is 3. The minimum Gasteiger partial charge on any atom is -0.486 e. The van der Waals surface area contributed by atoms with E-state index in [0.717, 1.165) is 28.9 Å². The van der Waals surface area contributed by atoms with Crippen LogP contribution in [0.1, 0.15) is 41.4 Å². The van der Waals surface area contributed by atoms with Gasteiger partial charge in [0.1, 0.15) is 12.4 Å². The van der Waals surface area contributed by atoms with E-state index in [2.05, 4.69) is 54.4 Å². The lowest BCUT2D eigenvalue weighted by molar-refractivity contribution is -0.129. The second-order valence-electron chi connectivity index (χ2n) is 7.97. The third kappa shape index (κ3) is 6.50. The molecule has 2 aromatic carbocycles. The highest BCUT2D eigenvalue weighted by Crippen LogP contribution is 2.20. The van der Waals surface area contributed by atoms with Gasteiger partial charge in [-0.25, -0.2) is 4.68 Å². The molecular formula is C24H31N5O2S. The van der Waals surface area contributed by atoms with Crippen LogP contribution in [0, 0.1) is 20.8 Å². The van der Waals surface area contributed by atoms with Gasteiger partial charge in [-0.05, 0) is 56.0 Å². The molecule has 0 spiro atoms. The fourth-order valence-electron chi connectivity index (χ4n) is 3.36. The molecule has 3 aromatic rings. The minimum absolute atomic E-state index is 0.0495. The van der Waals surface area contributed by atoms with Crippen molar-refractivity contribution in [3.05, 3.63) is 70.5 Å². The van der Waals surface area contributed by atoms with Gasteiger partial charge in [0.05, 0.1) is 5.75 Å². The van der Waals surface area contributed by atoms with E-state index in [4.69, 9.17) is 10.6 Å². The smallest absolute Gasteiger partial charge is 0.233 e. The molecule has 7 nitrogen and oxygen atoms in total. The van der Waals surface area contributed by atoms with Gasteiger partial charge < -0.3 is 15.5 Å². The summed E-state index contributed by atoms with van der Waals surface area (Å²) in [5.74, 6) is 7.72. The van der Waals surface area contributed by atoms with Crippen molar-refractivity contribution in [2.45, 2.75) is 52.4 Å². The van der Waals surface area contributed by atoms with Crippen LogP contribution in [0.4, 0.5) is 0 Å². The summed E-state index contributed by atoms with van der Waals surface area (Å²) in [5.41, 5.74) is 4.59. The number of nitrogens with zero attached hydrogens (tertiary/aromatic N) is 4. The number of rotatable bonds is 10. The topological polar surface area (TPSA) is 86.3 Å². The first kappa shape index (κ1) is 23.7. The van der Waals surface area contributed by atoms with E-state index in [1.807, 2.05) is 30.9 Å². The molecule has 170 valence electrons. The van der Waals surface area contributed by atoms with Gasteiger partial charge in [0.15, 0.2) is 5.82 Å². The lowest BCUT2D eigenvalue weighted by Crippen LogP contribution is -2.32. The Morgan fingerprint density at radius 2 is 1.75 bits per heavy atom. The number of carbonyl (C=O) groups excluding carboxylic acids is 1. The predicted molar refractivity (Wildman–Crippen MR) is 128 cm³/mol. The van der Waals surface area contributed by atoms with Crippen LogP contribution in [-0.2, 0) is 17.9 Å². The number of nitrogens with two attached hydrogens (primary N) is 1. The third-order valence-electron chi connectivity index (χ3n) is 4.96. The molecule has 0 saturated carbocycles. The summed E-state index contributed by atoms with van der Waals surface area (Å²) in [5, 5.41) is 8.75. The highest BCUT2D eigenvalue weighted by Gasteiger charge is 2.17. The zero-order valence-corrected chi connectivity index (χ0v) is 20.0. The third-order valence-corrected chi connectivity index (χ3v) is 5.89. The molecule has 0 aliphatic carbocycles. The van der Waals surface area contributed by atoms with Gasteiger partial charge in [0.2, 0.25) is 11.1 Å². The fraction of sp³-hybridized carbons (Fsp3) is 0.375. The van der Waals surface area contributed by atoms with Crippen LogP contribution in [0.2, 0.25) is 0 Å². The van der Waals surface area contributed by atoms with Crippen LogP contribution in [0.25, 0.3) is 0 Å². The van der Waals surface area contributed by atoms with Crippen LogP contribution in [0.3, 0.4) is 0 Å². The molecule has 8 heteroatoms. The Morgan fingerprint density at radius 1 is 1.06 bits per heavy atom. The molecule has 0 fully saturated rings. The van der Waals surface area contributed by atoms with E-state index in [-0.39, 0.29) is 18.3 Å². The van der Waals surface area contributed by atoms with E-state index < -0.39 is 0 Å². The van der Waals surface area contributed by atoms with Gasteiger partial charge in [0.25, 0.3) is 0 Å². The molecule has 0 aliphatic heterocycles. The normalized spacial score (nSPS) is 10.9. The van der Waals surface area contributed by atoms with Gasteiger partial charge >= 0.3 is 0 Å². The van der Waals surface area contributed by atoms with E-state index in [9.17, 15) is 4.79 Å². The number of nitrogen functional groups attached to an aromatic ring is 1. The van der Waals surface area contributed by atoms with Crippen LogP contribution < -0.4 is 10.6 Å². The summed E-state index contributed by atoms with van der Waals surface area (Å²) in [6.07, 6.45) is 0.898. The maximum Gasteiger partial charge on any atom is 0.233 e. The molecule has 0 aliphatic rings. The van der Waals surface area contributed by atoms with Crippen LogP contribution in [0.15, 0.2) is 47.6 Å². The van der Waals surface area contributed by atoms with Crippen molar-refractivity contribution in [2.75, 3.05) is 18.1 Å². The van der Waals surface area contributed by atoms with Crippen molar-refractivity contribution in [3.8, 4) is 5.75 Å². The molecule has 0 atom stereocenters. The van der Waals surface area contributed by atoms with E-state index in [1.54, 1.807) is 0 Å². The zero-order chi connectivity index (χ0) is 23.1. The van der Waals surface area contributed by atoms with Gasteiger partial charge in [-0.2, -0.15) is 0 Å². The molecule has 1 heterocycles. The van der Waals surface area contributed by atoms with Crippen molar-refractivity contribution in [2.24, 2.45) is 0 Å². The summed E-state index contributed by atoms with van der Waals surface area (Å²) in [7, 11) is 0. The highest BCUT2D eigenvalue weighted by atomic mass is 32.2. The Kier molecular flexibility index (Phi) is 8.16. The highest BCUT2D eigenvalue weighted by molar-refractivity contribution is 7.99. The van der Waals surface area contributed by atoms with Crippen LogP contribution >= 0.6 is 11.8 Å². The molecule has 0 bridgehead atoms. The van der Waals surface area contributed by atoms with Crippen molar-refractivity contribution in [1.29, 1.82) is 0 Å². The number of benzene rings is 2. The Balaban J connectivity index is 1.57. The fourth-order valence-corrected chi connectivity index (χ4v) is 4.14. The Hall–Kier alpha value is -3.00. The molecule has 0 saturated heterocycles. The van der Waals surface area contributed by atoms with Crippen LogP contribution in [0.5, 0.6) is 5.75 Å². The number of amides is 1. The Labute approximate surface area is 193 Å². The standard InChI is InChI=1S/C24H31N5O2S/c1-5-10-28(14-20-8-6-17(2)7-9-20)23(30)16-32-24-27-26-22(29(24)25)15-31-21-12-18(3)11-19(4)13-21/h6-9,11-13H,5,10,14-16,25H2,1-4H3. The van der Waals surface area contributed by atoms with Gasteiger partial charge in [-0.15, -0.1) is 10.2 Å². The second kappa shape index (κ2) is 11.0. The maximum absolute atomic E-state index is 12.9. The number of hydrogen-bond donors (Lipinski definition) is 1. The SMILES string of the molecule is CCCN(Cc1ccc(C)cc1)C(=O)CSc1nnc(COc2cc(C)cc(C)c2)n1N. The first-order valence-corrected chi connectivity index (χ1v) is 11.7. The van der Waals surface area contributed by atoms with Crippen molar-refractivity contribution < 1.29 is 9.53 Å². The number of carbonyl (C=O) groups is 1. The van der Waals surface area contributed by atoms with Crippen molar-refractivity contribution in [3.63, 3.8) is 0 Å². The number of aromatic nitrogens is 3. The summed E-state index contributed by atoms with van der Waals surface area (Å²) < 4.78 is 7.22. The maximum atomic E-state index is 12.9. The van der Waals surface area contributed by atoms with Gasteiger partial charge in [-0.3, -0.25) is 4.79 Å². The predicted octanol–water partition coefficient (Wildman–Crippen LogP) is 4.03. The summed E-state index contributed by atoms with van der Waals surface area (Å²) in [6, 6.07) is 14.3. The lowest BCUT2D eigenvalue weighted by atomic mass is 10.1. The molecule has 0 radical (unpaired) electrons. The number of hydrogen-bond acceptors (Lipinski definition) is 6. The lowest BCUT2D eigenvalue weighted by Gasteiger charge is -2.22. The van der Waals surface area contributed by atoms with E-state index in [1.165, 1.54) is 22.0 Å². The van der Waals surface area contributed by atoms with Gasteiger partial charge in [0, 0.05) is 13.1 Å². The summed E-state index contributed by atoms with van der Waals surface area (Å²) in [4.78, 5) is 14.7. The quantitative estimate of drug-likeness (QED) is 0.368. The summed E-state index contributed by atoms with van der Waals surface area (Å²) in [6.45, 7) is 9.68. The first-order chi connectivity index (χ1) is 15.4. The minimum atomic E-state index is 0.0495. The average molecular weight is 454 g/mol. The summed E-state index contributed by atoms with van der Waals surface area (Å²) >= 11 is 1.29. The van der Waals surface area contributed by atoms with E-state index >= 15 is 0 Å². The monoisotopic (exact) mass is 453 g/mol. The second-order valence-corrected chi connectivity index (χ2v) is 8.91. The molecule has 32 heavy (non-hydrogen) atoms. The Morgan fingerprint density at radius 3 is 2.41 bits per heavy atom. The largest absolute Gasteiger partial charge is 0.486 e. The number of thioether (sulfide) groups is 1. The molecule has 3 rings (SSSR count). The molecule has 0 unspecified atom stereocenters. The van der Waals surface area contributed by atoms with Crippen LogP contribution in [-0.4, -0.2) is 38.0 Å². The molecule has 2 N–H and O–H groups in total. The molecule has 1 aromatic heterocycles. The average Bonchev–Trinajstić information content (AvgIpc) is 3.10. The molecular weight excluding hydrogens is 422 g/mol. The number of ether oxygens (including phenoxy) is 1. The first-order valence-electron chi connectivity index (χ1n) is 10.7. The Bertz CT molecular complexity index is 1030. The van der Waals surface area contributed by atoms with Gasteiger partial charge in [-0.1, -0.05) is 54.6 Å². The van der Waals surface area contributed by atoms with E-state index in [0.29, 0.717) is 24.1 Å². The zero-order valence-electron chi connectivity index (χ0n) is 19.2. The van der Waals surface area contributed by atoms with Crippen molar-refractivity contribution in [1.82, 2.24) is 19.8 Å².